The third-order valence-electron chi connectivity index (χ3n) is 4.95. The van der Waals surface area contributed by atoms with Crippen molar-refractivity contribution in [1.29, 1.82) is 0 Å². The number of hydrogen-bond acceptors (Lipinski definition) is 4. The number of hydrogen-bond donors (Lipinski definition) is 1. The molecule has 152 valence electrons. The van der Waals surface area contributed by atoms with Crippen LogP contribution in [0.1, 0.15) is 24.8 Å². The molecule has 1 amide bonds. The number of methoxy groups -OCH3 is 1. The molecule has 0 saturated heterocycles. The third-order valence-corrected chi connectivity index (χ3v) is 4.95. The molecule has 0 aliphatic rings. The minimum atomic E-state index is -0.501. The first-order chi connectivity index (χ1) is 14.6. The molecule has 0 fully saturated rings. The Bertz CT molecular complexity index is 1190. The molecule has 0 saturated carbocycles. The van der Waals surface area contributed by atoms with Gasteiger partial charge < -0.3 is 10.1 Å². The first-order valence-corrected chi connectivity index (χ1v) is 9.65. The number of rotatable bonds is 6. The topological polar surface area (TPSA) is 68.5 Å². The summed E-state index contributed by atoms with van der Waals surface area (Å²) >= 11 is 0. The molecule has 0 aliphatic carbocycles. The summed E-state index contributed by atoms with van der Waals surface area (Å²) in [4.78, 5) is 17.4. The van der Waals surface area contributed by atoms with Crippen LogP contribution in [0.3, 0.4) is 0 Å². The fourth-order valence-electron chi connectivity index (χ4n) is 3.37. The number of carbonyl (C=O) groups excluding carboxylic acids is 1. The largest absolute Gasteiger partial charge is 0.480 e. The van der Waals surface area contributed by atoms with Crippen LogP contribution in [0.4, 0.5) is 10.1 Å². The molecule has 1 N–H and O–H groups in total. The molecule has 0 spiro atoms. The van der Waals surface area contributed by atoms with Crippen molar-refractivity contribution >= 4 is 17.2 Å². The van der Waals surface area contributed by atoms with E-state index in [1.54, 1.807) is 42.1 Å². The van der Waals surface area contributed by atoms with Crippen molar-refractivity contribution in [3.63, 3.8) is 0 Å². The number of imidazole rings is 1. The highest BCUT2D eigenvalue weighted by atomic mass is 19.1. The minimum Gasteiger partial charge on any atom is -0.480 e. The van der Waals surface area contributed by atoms with Crippen LogP contribution in [0.2, 0.25) is 0 Å². The number of ether oxygens (including phenoxy) is 1. The zero-order valence-corrected chi connectivity index (χ0v) is 16.7. The molecular weight excluding hydrogens is 383 g/mol. The lowest BCUT2D eigenvalue weighted by molar-refractivity contribution is -0.117. The lowest BCUT2D eigenvalue weighted by atomic mass is 9.95. The zero-order chi connectivity index (χ0) is 21.1. The summed E-state index contributed by atoms with van der Waals surface area (Å²) in [6.07, 6.45) is 2.34. The van der Waals surface area contributed by atoms with Crippen LogP contribution in [-0.2, 0) is 4.79 Å². The van der Waals surface area contributed by atoms with Crippen LogP contribution >= 0.6 is 0 Å². The summed E-state index contributed by atoms with van der Waals surface area (Å²) in [7, 11) is 1.54. The lowest BCUT2D eigenvalue weighted by Crippen LogP contribution is -2.21. The fraction of sp³-hybridized carbons (Fsp3) is 0.174. The molecule has 0 radical (unpaired) electrons. The molecule has 2 aromatic carbocycles. The number of aromatic nitrogens is 3. The van der Waals surface area contributed by atoms with Crippen LogP contribution in [-0.4, -0.2) is 27.6 Å². The number of nitrogens with one attached hydrogen (secondary N) is 1. The Kier molecular flexibility index (Phi) is 5.43. The standard InChI is InChI=1S/C23H21FN4O2/c1-3-17(15-7-5-4-6-8-15)23(29)26-19-13-16(9-10-18(19)24)20-14-28-21(25-20)11-12-22(27-28)30-2/h4-14,17H,3H2,1-2H3,(H,26,29). The molecule has 0 aliphatic heterocycles. The van der Waals surface area contributed by atoms with Gasteiger partial charge in [-0.2, -0.15) is 0 Å². The molecule has 0 bridgehead atoms. The lowest BCUT2D eigenvalue weighted by Gasteiger charge is -2.16. The quantitative estimate of drug-likeness (QED) is 0.507. The van der Waals surface area contributed by atoms with Crippen molar-refractivity contribution < 1.29 is 13.9 Å². The highest BCUT2D eigenvalue weighted by Crippen LogP contribution is 2.27. The van der Waals surface area contributed by atoms with E-state index in [1.165, 1.54) is 6.07 Å². The maximum atomic E-state index is 14.4. The van der Waals surface area contributed by atoms with Gasteiger partial charge in [0.25, 0.3) is 0 Å². The molecular formula is C23H21FN4O2. The van der Waals surface area contributed by atoms with Gasteiger partial charge in [-0.05, 0) is 36.2 Å². The summed E-state index contributed by atoms with van der Waals surface area (Å²) in [6.45, 7) is 1.93. The highest BCUT2D eigenvalue weighted by molar-refractivity contribution is 5.96. The number of nitrogens with zero attached hydrogens (tertiary/aromatic N) is 3. The van der Waals surface area contributed by atoms with Crippen LogP contribution in [0.15, 0.2) is 66.9 Å². The molecule has 30 heavy (non-hydrogen) atoms. The third kappa shape index (κ3) is 3.87. The Balaban J connectivity index is 1.62. The number of amides is 1. The monoisotopic (exact) mass is 404 g/mol. The first kappa shape index (κ1) is 19.6. The van der Waals surface area contributed by atoms with E-state index in [0.717, 1.165) is 5.56 Å². The van der Waals surface area contributed by atoms with Crippen molar-refractivity contribution in [1.82, 2.24) is 14.6 Å². The van der Waals surface area contributed by atoms with E-state index in [4.69, 9.17) is 4.74 Å². The van der Waals surface area contributed by atoms with Gasteiger partial charge in [0.15, 0.2) is 5.65 Å². The average Bonchev–Trinajstić information content (AvgIpc) is 3.20. The summed E-state index contributed by atoms with van der Waals surface area (Å²) in [5.41, 5.74) is 2.94. The van der Waals surface area contributed by atoms with Gasteiger partial charge in [0.05, 0.1) is 30.6 Å². The number of benzene rings is 2. The second-order valence-corrected chi connectivity index (χ2v) is 6.86. The maximum Gasteiger partial charge on any atom is 0.231 e. The second kappa shape index (κ2) is 8.32. The van der Waals surface area contributed by atoms with E-state index in [-0.39, 0.29) is 17.5 Å². The van der Waals surface area contributed by atoms with Crippen molar-refractivity contribution in [3.8, 4) is 17.1 Å². The number of carbonyl (C=O) groups is 1. The fourth-order valence-corrected chi connectivity index (χ4v) is 3.37. The van der Waals surface area contributed by atoms with Gasteiger partial charge in [0, 0.05) is 11.6 Å². The highest BCUT2D eigenvalue weighted by Gasteiger charge is 2.20. The van der Waals surface area contributed by atoms with E-state index < -0.39 is 5.82 Å². The minimum absolute atomic E-state index is 0.120. The van der Waals surface area contributed by atoms with Crippen molar-refractivity contribution in [2.45, 2.75) is 19.3 Å². The van der Waals surface area contributed by atoms with Crippen LogP contribution in [0, 0.1) is 5.82 Å². The second-order valence-electron chi connectivity index (χ2n) is 6.86. The molecule has 2 heterocycles. The van der Waals surface area contributed by atoms with Gasteiger partial charge in [-0.15, -0.1) is 5.10 Å². The van der Waals surface area contributed by atoms with Crippen LogP contribution in [0.5, 0.6) is 5.88 Å². The Labute approximate surface area is 173 Å². The zero-order valence-electron chi connectivity index (χ0n) is 16.7. The van der Waals surface area contributed by atoms with Crippen molar-refractivity contribution in [2.24, 2.45) is 0 Å². The molecule has 1 atom stereocenters. The van der Waals surface area contributed by atoms with E-state index in [1.807, 2.05) is 37.3 Å². The van der Waals surface area contributed by atoms with Gasteiger partial charge in [0.1, 0.15) is 5.82 Å². The SMILES string of the molecule is CCC(C(=O)Nc1cc(-c2cn3nc(OC)ccc3n2)ccc1F)c1ccccc1. The number of anilines is 1. The van der Waals surface area contributed by atoms with E-state index in [9.17, 15) is 9.18 Å². The Morgan fingerprint density at radius 1 is 1.17 bits per heavy atom. The van der Waals surface area contributed by atoms with Gasteiger partial charge in [0.2, 0.25) is 11.8 Å². The van der Waals surface area contributed by atoms with Crippen LogP contribution in [0.25, 0.3) is 16.9 Å². The molecule has 2 aromatic heterocycles. The summed E-state index contributed by atoms with van der Waals surface area (Å²) in [6, 6.07) is 17.5. The van der Waals surface area contributed by atoms with E-state index >= 15 is 0 Å². The summed E-state index contributed by atoms with van der Waals surface area (Å²) < 4.78 is 21.2. The van der Waals surface area contributed by atoms with E-state index in [2.05, 4.69) is 15.4 Å². The molecule has 4 rings (SSSR count). The number of fused-ring (bicyclic) bond motifs is 1. The Morgan fingerprint density at radius 2 is 1.97 bits per heavy atom. The van der Waals surface area contributed by atoms with Gasteiger partial charge in [-0.25, -0.2) is 13.9 Å². The average molecular weight is 404 g/mol. The van der Waals surface area contributed by atoms with Gasteiger partial charge in [-0.1, -0.05) is 37.3 Å². The summed E-state index contributed by atoms with van der Waals surface area (Å²) in [5, 5.41) is 7.02. The predicted molar refractivity (Wildman–Crippen MR) is 113 cm³/mol. The van der Waals surface area contributed by atoms with Crippen LogP contribution < -0.4 is 10.1 Å². The summed E-state index contributed by atoms with van der Waals surface area (Å²) in [5.74, 6) is -0.647. The molecule has 4 aromatic rings. The predicted octanol–water partition coefficient (Wildman–Crippen LogP) is 4.68. The van der Waals surface area contributed by atoms with Crippen molar-refractivity contribution in [3.05, 3.63) is 78.2 Å². The van der Waals surface area contributed by atoms with Crippen molar-refractivity contribution in [2.75, 3.05) is 12.4 Å². The molecule has 1 unspecified atom stereocenters. The van der Waals surface area contributed by atoms with Gasteiger partial charge >= 0.3 is 0 Å². The Hall–Kier alpha value is -3.74. The maximum absolute atomic E-state index is 14.4. The molecule has 6 nitrogen and oxygen atoms in total. The molecule has 7 heteroatoms. The van der Waals surface area contributed by atoms with E-state index in [0.29, 0.717) is 29.2 Å². The number of halogens is 1. The first-order valence-electron chi connectivity index (χ1n) is 9.65. The normalized spacial score (nSPS) is 12.0. The van der Waals surface area contributed by atoms with Gasteiger partial charge in [-0.3, -0.25) is 4.79 Å². The smallest absolute Gasteiger partial charge is 0.231 e. The Morgan fingerprint density at radius 3 is 2.70 bits per heavy atom.